The van der Waals surface area contributed by atoms with Crippen LogP contribution in [0.25, 0.3) is 54.9 Å². The second-order valence-electron chi connectivity index (χ2n) is 9.94. The number of carbonyl (C=O) groups excluding carboxylic acids is 2. The molecule has 5 heterocycles. The quantitative estimate of drug-likeness (QED) is 0.203. The van der Waals surface area contributed by atoms with Crippen molar-refractivity contribution in [3.8, 4) is 33.1 Å². The summed E-state index contributed by atoms with van der Waals surface area (Å²) in [6.07, 6.45) is 8.18. The maximum Gasteiger partial charge on any atom is 0.227 e. The minimum atomic E-state index is 0.0546. The number of ketones is 1. The summed E-state index contributed by atoms with van der Waals surface area (Å²) >= 11 is 1.50. The van der Waals surface area contributed by atoms with Gasteiger partial charge in [0.05, 0.1) is 39.9 Å². The summed E-state index contributed by atoms with van der Waals surface area (Å²) in [7, 11) is 0. The third kappa shape index (κ3) is 4.21. The van der Waals surface area contributed by atoms with Crippen molar-refractivity contribution in [3.63, 3.8) is 0 Å². The Balaban J connectivity index is 1.25. The van der Waals surface area contributed by atoms with Crippen molar-refractivity contribution < 1.29 is 9.59 Å². The van der Waals surface area contributed by atoms with Gasteiger partial charge in [0, 0.05) is 44.4 Å². The van der Waals surface area contributed by atoms with Gasteiger partial charge in [0.2, 0.25) is 5.91 Å². The minimum absolute atomic E-state index is 0.0546. The average Bonchev–Trinajstić information content (AvgIpc) is 3.65. The topological polar surface area (TPSA) is 116 Å². The first-order valence-corrected chi connectivity index (χ1v) is 13.7. The van der Waals surface area contributed by atoms with E-state index in [1.54, 1.807) is 25.5 Å². The van der Waals surface area contributed by atoms with E-state index >= 15 is 0 Å². The molecule has 0 bridgehead atoms. The number of thiophene rings is 1. The van der Waals surface area contributed by atoms with Crippen LogP contribution in [-0.2, 0) is 4.79 Å². The molecule has 0 radical (unpaired) electrons. The fraction of sp³-hybridized carbons (Fsp3) is 0.167. The highest BCUT2D eigenvalue weighted by Crippen LogP contribution is 2.37. The Bertz CT molecular complexity index is 1890. The zero-order chi connectivity index (χ0) is 26.5. The standard InChI is InChI=1S/C30H24N6O2S/c1-16(37)27-8-9-28(39-27)20-6-3-7-23-21(20)11-25(34-23)29-22-12-24(32-15-26(22)35-36-29)18-10-19(14-31-13-18)33-30(38)17-4-2-5-17/h3,6-15,17,34H,2,4-5H2,1H3,(H,33,38)(H,35,36). The number of hydrogen-bond acceptors (Lipinski definition) is 6. The van der Waals surface area contributed by atoms with Crippen molar-refractivity contribution >= 4 is 50.5 Å². The Morgan fingerprint density at radius 2 is 1.90 bits per heavy atom. The molecule has 0 saturated heterocycles. The molecule has 1 saturated carbocycles. The molecule has 0 spiro atoms. The first-order valence-electron chi connectivity index (χ1n) is 12.9. The Morgan fingerprint density at radius 1 is 1.00 bits per heavy atom. The monoisotopic (exact) mass is 532 g/mol. The van der Waals surface area contributed by atoms with E-state index in [-0.39, 0.29) is 17.6 Å². The zero-order valence-electron chi connectivity index (χ0n) is 21.1. The molecule has 9 heteroatoms. The Morgan fingerprint density at radius 3 is 2.69 bits per heavy atom. The number of aromatic amines is 2. The largest absolute Gasteiger partial charge is 0.353 e. The first-order chi connectivity index (χ1) is 19.0. The average molecular weight is 533 g/mol. The summed E-state index contributed by atoms with van der Waals surface area (Å²) < 4.78 is 0. The van der Waals surface area contributed by atoms with E-state index in [4.69, 9.17) is 0 Å². The number of benzene rings is 1. The third-order valence-electron chi connectivity index (χ3n) is 7.36. The number of nitrogens with one attached hydrogen (secondary N) is 3. The lowest BCUT2D eigenvalue weighted by molar-refractivity contribution is -0.122. The number of fused-ring (bicyclic) bond motifs is 2. The van der Waals surface area contributed by atoms with Crippen LogP contribution in [0, 0.1) is 5.92 Å². The Labute approximate surface area is 227 Å². The van der Waals surface area contributed by atoms with Gasteiger partial charge in [-0.3, -0.25) is 24.7 Å². The van der Waals surface area contributed by atoms with Crippen LogP contribution in [-0.4, -0.2) is 36.8 Å². The summed E-state index contributed by atoms with van der Waals surface area (Å²) in [5, 5.41) is 12.7. The van der Waals surface area contributed by atoms with Crippen molar-refractivity contribution in [3.05, 3.63) is 72.0 Å². The molecule has 0 aliphatic heterocycles. The van der Waals surface area contributed by atoms with Gasteiger partial charge in [-0.2, -0.15) is 5.10 Å². The second kappa shape index (κ2) is 9.28. The van der Waals surface area contributed by atoms with Crippen LogP contribution in [0.1, 0.15) is 35.9 Å². The highest BCUT2D eigenvalue weighted by atomic mass is 32.1. The SMILES string of the molecule is CC(=O)c1ccc(-c2cccc3[nH]c(-c4n[nH]c5cnc(-c6cncc(NC(=O)C7CCC7)c6)cc45)cc23)s1. The van der Waals surface area contributed by atoms with Gasteiger partial charge in [-0.15, -0.1) is 11.3 Å². The lowest BCUT2D eigenvalue weighted by atomic mass is 9.85. The minimum Gasteiger partial charge on any atom is -0.353 e. The predicted molar refractivity (Wildman–Crippen MR) is 154 cm³/mol. The van der Waals surface area contributed by atoms with Crippen molar-refractivity contribution in [2.45, 2.75) is 26.2 Å². The molecule has 1 aliphatic carbocycles. The molecule has 8 nitrogen and oxygen atoms in total. The molecular weight excluding hydrogens is 508 g/mol. The summed E-state index contributed by atoms with van der Waals surface area (Å²) in [6.45, 7) is 1.59. The molecule has 39 heavy (non-hydrogen) atoms. The van der Waals surface area contributed by atoms with Crippen LogP contribution in [0.4, 0.5) is 5.69 Å². The van der Waals surface area contributed by atoms with Gasteiger partial charge in [0.1, 0.15) is 5.69 Å². The van der Waals surface area contributed by atoms with Crippen molar-refractivity contribution in [2.75, 3.05) is 5.32 Å². The summed E-state index contributed by atoms with van der Waals surface area (Å²) in [5.74, 6) is 0.227. The lowest BCUT2D eigenvalue weighted by Crippen LogP contribution is -2.28. The van der Waals surface area contributed by atoms with Crippen LogP contribution in [0.5, 0.6) is 0 Å². The van der Waals surface area contributed by atoms with Crippen molar-refractivity contribution in [1.82, 2.24) is 25.1 Å². The molecule has 0 unspecified atom stereocenters. The Kier molecular flexibility index (Phi) is 5.59. The number of pyridine rings is 2. The van der Waals surface area contributed by atoms with Gasteiger partial charge in [0.25, 0.3) is 0 Å². The van der Waals surface area contributed by atoms with E-state index < -0.39 is 0 Å². The molecule has 7 rings (SSSR count). The maximum atomic E-state index is 12.4. The summed E-state index contributed by atoms with van der Waals surface area (Å²) in [5.41, 5.74) is 6.77. The molecule has 1 fully saturated rings. The van der Waals surface area contributed by atoms with Gasteiger partial charge in [-0.1, -0.05) is 18.6 Å². The van der Waals surface area contributed by atoms with Crippen molar-refractivity contribution in [1.29, 1.82) is 0 Å². The maximum absolute atomic E-state index is 12.4. The van der Waals surface area contributed by atoms with E-state index in [0.29, 0.717) is 5.69 Å². The molecule has 3 N–H and O–H groups in total. The predicted octanol–water partition coefficient (Wildman–Crippen LogP) is 6.84. The number of carbonyl (C=O) groups is 2. The smallest absolute Gasteiger partial charge is 0.227 e. The fourth-order valence-electron chi connectivity index (χ4n) is 5.01. The number of anilines is 1. The molecule has 1 aliphatic rings. The molecule has 6 aromatic rings. The molecular formula is C30H24N6O2S. The zero-order valence-corrected chi connectivity index (χ0v) is 21.9. The number of hydrogen-bond donors (Lipinski definition) is 3. The number of rotatable bonds is 6. The van der Waals surface area contributed by atoms with Gasteiger partial charge >= 0.3 is 0 Å². The van der Waals surface area contributed by atoms with Crippen LogP contribution in [0.15, 0.2) is 67.1 Å². The summed E-state index contributed by atoms with van der Waals surface area (Å²) in [4.78, 5) is 38.5. The molecule has 192 valence electrons. The van der Waals surface area contributed by atoms with E-state index in [0.717, 1.165) is 79.0 Å². The van der Waals surface area contributed by atoms with E-state index in [1.165, 1.54) is 11.3 Å². The van der Waals surface area contributed by atoms with E-state index in [9.17, 15) is 9.59 Å². The van der Waals surface area contributed by atoms with Crippen LogP contribution in [0.3, 0.4) is 0 Å². The second-order valence-corrected chi connectivity index (χ2v) is 11.0. The van der Waals surface area contributed by atoms with Crippen LogP contribution < -0.4 is 5.32 Å². The number of nitrogens with zero attached hydrogens (tertiary/aromatic N) is 3. The lowest BCUT2D eigenvalue weighted by Gasteiger charge is -2.24. The molecule has 1 amide bonds. The van der Waals surface area contributed by atoms with E-state index in [2.05, 4.69) is 42.6 Å². The fourth-order valence-corrected chi connectivity index (χ4v) is 5.95. The molecule has 1 aromatic carbocycles. The molecule has 0 atom stereocenters. The highest BCUT2D eigenvalue weighted by molar-refractivity contribution is 7.17. The Hall–Kier alpha value is -4.63. The number of H-pyrrole nitrogens is 2. The van der Waals surface area contributed by atoms with Gasteiger partial charge in [-0.05, 0) is 56.2 Å². The van der Waals surface area contributed by atoms with E-state index in [1.807, 2.05) is 36.4 Å². The summed E-state index contributed by atoms with van der Waals surface area (Å²) in [6, 6.07) is 16.0. The molecule has 5 aromatic heterocycles. The van der Waals surface area contributed by atoms with Crippen molar-refractivity contribution in [2.24, 2.45) is 5.92 Å². The third-order valence-corrected chi connectivity index (χ3v) is 8.58. The van der Waals surface area contributed by atoms with Crippen LogP contribution in [0.2, 0.25) is 0 Å². The number of Topliss-reactive ketones (excluding diaryl/α,β-unsaturated/α-hetero) is 1. The van der Waals surface area contributed by atoms with Crippen LogP contribution >= 0.6 is 11.3 Å². The number of amides is 1. The number of aromatic nitrogens is 5. The highest BCUT2D eigenvalue weighted by Gasteiger charge is 2.25. The van der Waals surface area contributed by atoms with Gasteiger partial charge in [0.15, 0.2) is 5.78 Å². The van der Waals surface area contributed by atoms with Gasteiger partial charge < -0.3 is 10.3 Å². The first kappa shape index (κ1) is 23.5. The normalized spacial score (nSPS) is 13.6. The van der Waals surface area contributed by atoms with Gasteiger partial charge in [-0.25, -0.2) is 0 Å².